The van der Waals surface area contributed by atoms with Gasteiger partial charge in [-0.1, -0.05) is 163 Å². The Morgan fingerprint density at radius 2 is 0.931 bits per heavy atom. The van der Waals surface area contributed by atoms with Crippen LogP contribution in [0.4, 0.5) is 0 Å². The maximum Gasteiger partial charge on any atom is 0.136 e. The molecule has 0 amide bonds. The normalized spacial score (nSPS) is 19.6. The predicted molar refractivity (Wildman–Crippen MR) is 245 cm³/mol. The van der Waals surface area contributed by atoms with Gasteiger partial charge in [-0.3, -0.25) is 0 Å². The second-order valence-electron chi connectivity index (χ2n) is 12.8. The van der Waals surface area contributed by atoms with Crippen molar-refractivity contribution in [3.8, 4) is 61.3 Å². The van der Waals surface area contributed by atoms with Crippen LogP contribution in [0.2, 0.25) is 0 Å². The van der Waals surface area contributed by atoms with Crippen molar-refractivity contribution in [2.45, 2.75) is 13.8 Å². The highest BCUT2D eigenvalue weighted by Gasteiger charge is 2.23. The molecule has 2 aromatic heterocycles. The minimum absolute atomic E-state index is 0.176. The summed E-state index contributed by atoms with van der Waals surface area (Å²) in [6, 6.07) is -32.4. The Hall–Kier alpha value is -7.42. The first-order valence-electron chi connectivity index (χ1n) is 33.8. The van der Waals surface area contributed by atoms with E-state index in [4.69, 9.17) is 33.2 Å². The third kappa shape index (κ3) is 5.33. The molecular formula is C56H39NO. The number of aryl methyl sites for hydroxylation is 1. The highest BCUT2D eigenvalue weighted by Crippen LogP contribution is 2.46. The number of hydrogen-bond acceptors (Lipinski definition) is 1. The van der Waals surface area contributed by atoms with E-state index in [1.165, 1.54) is 13.8 Å². The zero-order valence-electron chi connectivity index (χ0n) is 62.9. The van der Waals surface area contributed by atoms with Crippen molar-refractivity contribution in [1.82, 2.24) is 4.57 Å². The molecule has 0 spiro atoms. The number of fused-ring (bicyclic) bond motifs is 6. The molecule has 2 heterocycles. The lowest BCUT2D eigenvalue weighted by Crippen LogP contribution is -2.00. The summed E-state index contributed by atoms with van der Waals surface area (Å²) in [6.45, 7) is 2.60. The minimum Gasteiger partial charge on any atom is -0.456 e. The molecule has 0 saturated heterocycles. The maximum atomic E-state index is 10.5. The van der Waals surface area contributed by atoms with E-state index in [2.05, 4.69) is 0 Å². The van der Waals surface area contributed by atoms with E-state index in [9.17, 15) is 16.4 Å². The Labute approximate surface area is 384 Å². The summed E-state index contributed by atoms with van der Waals surface area (Å²) in [6.07, 6.45) is 0. The van der Waals surface area contributed by atoms with E-state index in [0.29, 0.717) is 0 Å². The molecule has 0 bridgehead atoms. The van der Waals surface area contributed by atoms with E-state index in [1.807, 2.05) is 0 Å². The van der Waals surface area contributed by atoms with Gasteiger partial charge in [0.05, 0.1) is 62.0 Å². The van der Waals surface area contributed by atoms with Gasteiger partial charge in [-0.15, -0.1) is 0 Å². The molecule has 0 unspecified atom stereocenters. The first-order chi connectivity index (χ1) is 42.4. The average Bonchev–Trinajstić information content (AvgIpc) is 1.58. The van der Waals surface area contributed by atoms with Gasteiger partial charge in [0.15, 0.2) is 0 Å². The van der Waals surface area contributed by atoms with E-state index < -0.39 is 304 Å². The largest absolute Gasteiger partial charge is 0.456 e. The molecule has 0 aliphatic heterocycles. The second kappa shape index (κ2) is 13.7. The Morgan fingerprint density at radius 1 is 0.379 bits per heavy atom. The van der Waals surface area contributed by atoms with Gasteiger partial charge in [0.1, 0.15) is 11.2 Å². The van der Waals surface area contributed by atoms with E-state index in [-0.39, 0.29) is 11.1 Å². The molecule has 2 nitrogen and oxygen atoms in total. The van der Waals surface area contributed by atoms with Crippen molar-refractivity contribution in [2.24, 2.45) is 0 Å². The minimum atomic E-state index is -1.16. The summed E-state index contributed by atoms with van der Waals surface area (Å²) in [7, 11) is 0. The Kier molecular flexibility index (Phi) is 3.34. The smallest absolute Gasteiger partial charge is 0.136 e. The molecule has 2 heteroatoms. The summed E-state index contributed by atoms with van der Waals surface area (Å²) in [5.41, 5.74) is -11.6. The summed E-state index contributed by atoms with van der Waals surface area (Å²) in [5, 5.41) is -2.47. The molecule has 0 saturated carbocycles. The molecule has 11 aromatic rings. The summed E-state index contributed by atoms with van der Waals surface area (Å²) < 4.78 is 308. The van der Waals surface area contributed by atoms with Crippen LogP contribution in [-0.4, -0.2) is 4.57 Å². The van der Waals surface area contributed by atoms with Crippen molar-refractivity contribution in [3.05, 3.63) is 211 Å². The van der Waals surface area contributed by atoms with Crippen LogP contribution < -0.4 is 0 Å². The van der Waals surface area contributed by atoms with Gasteiger partial charge >= 0.3 is 0 Å². The molecule has 11 rings (SSSR count). The van der Waals surface area contributed by atoms with Gasteiger partial charge < -0.3 is 8.98 Å². The lowest BCUT2D eigenvalue weighted by Gasteiger charge is -2.18. The third-order valence-electron chi connectivity index (χ3n) is 9.73. The lowest BCUT2D eigenvalue weighted by molar-refractivity contribution is 0.669. The molecule has 0 aliphatic rings. The summed E-state index contributed by atoms with van der Waals surface area (Å²) >= 11 is 0. The van der Waals surface area contributed by atoms with Gasteiger partial charge in [-0.05, 0) is 111 Å². The number of nitrogens with zero attached hydrogens (tertiary/aromatic N) is 1. The lowest BCUT2D eigenvalue weighted by atomic mass is 9.88. The quantitative estimate of drug-likeness (QED) is 0.165. The van der Waals surface area contributed by atoms with Crippen molar-refractivity contribution in [3.63, 3.8) is 0 Å². The topological polar surface area (TPSA) is 18.1 Å². The third-order valence-corrected chi connectivity index (χ3v) is 9.73. The van der Waals surface area contributed by atoms with Gasteiger partial charge in [0, 0.05) is 27.1 Å². The number of hydrogen-bond donors (Lipinski definition) is 0. The van der Waals surface area contributed by atoms with Crippen molar-refractivity contribution in [1.29, 1.82) is 0 Å². The van der Waals surface area contributed by atoms with Crippen molar-refractivity contribution >= 4 is 43.7 Å². The molecule has 0 fully saturated rings. The predicted octanol–water partition coefficient (Wildman–Crippen LogP) is 15.6. The summed E-state index contributed by atoms with van der Waals surface area (Å²) in [4.78, 5) is 0. The fraction of sp³-hybridized carbons (Fsp3) is 0.0357. The molecule has 0 aliphatic carbocycles. The second-order valence-corrected chi connectivity index (χ2v) is 12.8. The molecule has 9 aromatic carbocycles. The van der Waals surface area contributed by atoms with Gasteiger partial charge in [-0.2, -0.15) is 0 Å². The molecular weight excluding hydrogens is 703 g/mol. The zero-order chi connectivity index (χ0) is 67.5. The van der Waals surface area contributed by atoms with Crippen molar-refractivity contribution < 1.29 is 49.7 Å². The monoisotopic (exact) mass is 775 g/mol. The highest BCUT2D eigenvalue weighted by atomic mass is 16.3. The van der Waals surface area contributed by atoms with Crippen molar-refractivity contribution in [2.75, 3.05) is 0 Å². The Bertz CT molecular complexity index is 5020. The van der Waals surface area contributed by atoms with E-state index >= 15 is 0 Å². The van der Waals surface area contributed by atoms with E-state index in [0.717, 1.165) is 4.57 Å². The maximum absolute atomic E-state index is 10.5. The fourth-order valence-corrected chi connectivity index (χ4v) is 7.08. The number of para-hydroxylation sites is 2. The van der Waals surface area contributed by atoms with Crippen LogP contribution >= 0.6 is 0 Å². The molecule has 58 heavy (non-hydrogen) atoms. The number of aromatic nitrogens is 1. The Morgan fingerprint density at radius 3 is 1.66 bits per heavy atom. The number of rotatable bonds is 6. The van der Waals surface area contributed by atoms with Crippen LogP contribution in [0.1, 0.15) is 56.4 Å². The number of benzene rings is 9. The van der Waals surface area contributed by atoms with Crippen LogP contribution in [0.5, 0.6) is 0 Å². The van der Waals surface area contributed by atoms with E-state index in [1.54, 1.807) is 0 Å². The fourth-order valence-electron chi connectivity index (χ4n) is 7.08. The van der Waals surface area contributed by atoms with Crippen LogP contribution in [0.3, 0.4) is 0 Å². The SMILES string of the molecule is [2H]c1c([2H])c([2H])c(-c2c([2H])c([2H])c([2H])c([2H])c2-c2c([2H])c([2H])c3c(c2[2H])c2c([2H])c(-c4c([2H])c([2H])c([2H])c([2H])c4-c4c([2H])c([2H])c([2H])c([2H])c4[2H])c(C)c(C)c2n3-c2c([2H])c([2H])c([2H])c([2H])c2-c2c([2H])c([2H])c([2H])c3oc4c([2H])c([2H])c([2H])c([2H])c4c23)c([2H])c1[2H]. The molecule has 274 valence electrons. The molecule has 0 radical (unpaired) electrons. The molecule has 0 atom stereocenters. The van der Waals surface area contributed by atoms with Crippen LogP contribution in [-0.2, 0) is 0 Å². The zero-order valence-corrected chi connectivity index (χ0v) is 29.9. The van der Waals surface area contributed by atoms with Crippen LogP contribution in [0.25, 0.3) is 105 Å². The van der Waals surface area contributed by atoms with Crippen LogP contribution in [0, 0.1) is 13.8 Å². The summed E-state index contributed by atoms with van der Waals surface area (Å²) in [5.74, 6) is 0. The molecule has 0 N–H and O–H groups in total. The first-order valence-corrected chi connectivity index (χ1v) is 17.3. The van der Waals surface area contributed by atoms with Crippen LogP contribution in [0.15, 0.2) is 204 Å². The van der Waals surface area contributed by atoms with Gasteiger partial charge in [0.25, 0.3) is 0 Å². The van der Waals surface area contributed by atoms with Gasteiger partial charge in [0.2, 0.25) is 0 Å². The Balaban J connectivity index is 1.47. The average molecular weight is 775 g/mol. The number of furan rings is 1. The highest BCUT2D eigenvalue weighted by molar-refractivity contribution is 6.16. The first kappa shape index (κ1) is 14.2. The van der Waals surface area contributed by atoms with Gasteiger partial charge in [-0.25, -0.2) is 0 Å². The standard InChI is InChI=1S/C56H39NO/c1-36-37(2)56-50(35-48(36)44-25-12-11-23-42(44)39-20-7-4-8-21-39)49-34-40(43-24-10-9-22-41(43)38-18-5-3-6-19-38)32-33-52(49)57(56)51-29-15-13-26-45(51)46-28-17-31-54-55(46)47-27-14-16-30-53(47)58-54/h3-35H,1-2H3/i3D,4D,5D,6D,7D,8D,9D,10D,11D,12D,13D,14D,15D,16D,17D,18D,19D,20D,21D,22D,23D,24D,25D,26D,27D,28D,29D,30D,31D,32D,33D,34D,35D.